The molecule has 0 saturated heterocycles. The molecule has 0 radical (unpaired) electrons. The first kappa shape index (κ1) is 13.9. The van der Waals surface area contributed by atoms with Crippen molar-refractivity contribution >= 4 is 0 Å². The summed E-state index contributed by atoms with van der Waals surface area (Å²) in [6.45, 7) is 4.19. The minimum absolute atomic E-state index is 0.375. The maximum atomic E-state index is 6.03. The molecule has 0 aromatic heterocycles. The van der Waals surface area contributed by atoms with Crippen LogP contribution in [0.3, 0.4) is 0 Å². The number of ether oxygens (including phenoxy) is 1. The van der Waals surface area contributed by atoms with E-state index in [4.69, 9.17) is 4.74 Å². The zero-order chi connectivity index (χ0) is 13.9. The summed E-state index contributed by atoms with van der Waals surface area (Å²) in [6, 6.07) is 10.0. The van der Waals surface area contributed by atoms with Crippen molar-refractivity contribution in [3.05, 3.63) is 29.8 Å². The zero-order valence-electron chi connectivity index (χ0n) is 12.6. The molecular formula is C17H26N2O. The van der Waals surface area contributed by atoms with Gasteiger partial charge in [-0.05, 0) is 32.5 Å². The third-order valence-corrected chi connectivity index (χ3v) is 4.94. The lowest BCUT2D eigenvalue weighted by atomic mass is 9.94. The van der Waals surface area contributed by atoms with Crippen LogP contribution in [0.25, 0.3) is 0 Å². The first-order valence-corrected chi connectivity index (χ1v) is 8.00. The quantitative estimate of drug-likeness (QED) is 0.913. The summed E-state index contributed by atoms with van der Waals surface area (Å²) < 4.78 is 6.03. The summed E-state index contributed by atoms with van der Waals surface area (Å²) in [7, 11) is 2.07. The van der Waals surface area contributed by atoms with E-state index in [2.05, 4.69) is 48.5 Å². The summed E-state index contributed by atoms with van der Waals surface area (Å²) in [5, 5.41) is 3.53. The van der Waals surface area contributed by atoms with Crippen molar-refractivity contribution in [1.82, 2.24) is 10.2 Å². The molecule has 1 N–H and O–H groups in total. The van der Waals surface area contributed by atoms with E-state index in [1.54, 1.807) is 0 Å². The van der Waals surface area contributed by atoms with Crippen LogP contribution in [-0.2, 0) is 0 Å². The molecule has 1 aromatic rings. The van der Waals surface area contributed by atoms with Gasteiger partial charge in [-0.25, -0.2) is 0 Å². The molecule has 1 heterocycles. The smallest absolute Gasteiger partial charge is 0.124 e. The fourth-order valence-corrected chi connectivity index (χ4v) is 3.98. The molecule has 20 heavy (non-hydrogen) atoms. The lowest BCUT2D eigenvalue weighted by Gasteiger charge is -2.43. The fourth-order valence-electron chi connectivity index (χ4n) is 3.98. The van der Waals surface area contributed by atoms with Gasteiger partial charge in [-0.2, -0.15) is 0 Å². The molecule has 110 valence electrons. The molecule has 3 rings (SSSR count). The lowest BCUT2D eigenvalue weighted by molar-refractivity contribution is 0.0597. The monoisotopic (exact) mass is 274 g/mol. The number of rotatable bonds is 4. The highest BCUT2D eigenvalue weighted by atomic mass is 16.5. The lowest BCUT2D eigenvalue weighted by Crippen LogP contribution is -2.52. The third-order valence-electron chi connectivity index (χ3n) is 4.94. The molecule has 2 aliphatic rings. The van der Waals surface area contributed by atoms with Crippen LogP contribution < -0.4 is 10.1 Å². The highest BCUT2D eigenvalue weighted by Gasteiger charge is 2.36. The molecule has 0 bridgehead atoms. The van der Waals surface area contributed by atoms with Crippen LogP contribution in [0.15, 0.2) is 24.3 Å². The molecule has 1 fully saturated rings. The zero-order valence-corrected chi connectivity index (χ0v) is 12.6. The Labute approximate surface area is 122 Å². The molecule has 0 amide bonds. The molecule has 2 unspecified atom stereocenters. The molecule has 2 atom stereocenters. The molecule has 1 aromatic carbocycles. The van der Waals surface area contributed by atoms with Crippen LogP contribution in [-0.4, -0.2) is 37.2 Å². The number of fused-ring (bicyclic) bond motifs is 1. The summed E-state index contributed by atoms with van der Waals surface area (Å²) in [4.78, 5) is 2.67. The number of hydrogen-bond donors (Lipinski definition) is 1. The third kappa shape index (κ3) is 2.45. The SMILES string of the molecule is CCN(C1CCCC1)C1COc2ccccc2C1NC. The second kappa shape index (κ2) is 6.15. The van der Waals surface area contributed by atoms with Gasteiger partial charge < -0.3 is 10.1 Å². The van der Waals surface area contributed by atoms with Gasteiger partial charge in [0.2, 0.25) is 0 Å². The van der Waals surface area contributed by atoms with E-state index in [1.807, 2.05) is 0 Å². The number of nitrogens with zero attached hydrogens (tertiary/aromatic N) is 1. The number of likely N-dealkylation sites (N-methyl/N-ethyl adjacent to an activating group) is 2. The van der Waals surface area contributed by atoms with Gasteiger partial charge in [0.05, 0.1) is 12.1 Å². The second-order valence-corrected chi connectivity index (χ2v) is 5.95. The van der Waals surface area contributed by atoms with Gasteiger partial charge in [0, 0.05) is 11.6 Å². The standard InChI is InChI=1S/C17H26N2O/c1-3-19(13-8-4-5-9-13)15-12-20-16-11-7-6-10-14(16)17(15)18-2/h6-7,10-11,13,15,17-18H,3-5,8-9,12H2,1-2H3. The molecule has 0 spiro atoms. The molecule has 3 nitrogen and oxygen atoms in total. The molecule has 1 saturated carbocycles. The number of para-hydroxylation sites is 1. The molecule has 1 aliphatic carbocycles. The number of nitrogens with one attached hydrogen (secondary N) is 1. The maximum Gasteiger partial charge on any atom is 0.124 e. The van der Waals surface area contributed by atoms with Crippen molar-refractivity contribution in [3.63, 3.8) is 0 Å². The van der Waals surface area contributed by atoms with E-state index in [0.29, 0.717) is 12.1 Å². The minimum Gasteiger partial charge on any atom is -0.492 e. The largest absolute Gasteiger partial charge is 0.492 e. The van der Waals surface area contributed by atoms with Crippen LogP contribution in [0, 0.1) is 0 Å². The van der Waals surface area contributed by atoms with Gasteiger partial charge in [0.1, 0.15) is 12.4 Å². The second-order valence-electron chi connectivity index (χ2n) is 5.95. The van der Waals surface area contributed by atoms with E-state index in [9.17, 15) is 0 Å². The van der Waals surface area contributed by atoms with Crippen molar-refractivity contribution in [3.8, 4) is 5.75 Å². The predicted octanol–water partition coefficient (Wildman–Crippen LogP) is 2.97. The minimum atomic E-state index is 0.375. The van der Waals surface area contributed by atoms with Gasteiger partial charge in [-0.15, -0.1) is 0 Å². The van der Waals surface area contributed by atoms with Crippen LogP contribution in [0.4, 0.5) is 0 Å². The first-order valence-electron chi connectivity index (χ1n) is 8.00. The van der Waals surface area contributed by atoms with E-state index in [0.717, 1.165) is 24.9 Å². The highest BCUT2D eigenvalue weighted by Crippen LogP contribution is 2.36. The van der Waals surface area contributed by atoms with E-state index in [1.165, 1.54) is 31.2 Å². The van der Waals surface area contributed by atoms with Crippen molar-refractivity contribution in [2.75, 3.05) is 20.2 Å². The molecule has 3 heteroatoms. The van der Waals surface area contributed by atoms with Crippen molar-refractivity contribution in [1.29, 1.82) is 0 Å². The fraction of sp³-hybridized carbons (Fsp3) is 0.647. The topological polar surface area (TPSA) is 24.5 Å². The Hall–Kier alpha value is -1.06. The van der Waals surface area contributed by atoms with E-state index >= 15 is 0 Å². The number of benzene rings is 1. The Bertz CT molecular complexity index is 442. The predicted molar refractivity (Wildman–Crippen MR) is 82.2 cm³/mol. The van der Waals surface area contributed by atoms with Gasteiger partial charge in [-0.1, -0.05) is 38.0 Å². The average Bonchev–Trinajstić information content (AvgIpc) is 3.02. The average molecular weight is 274 g/mol. The van der Waals surface area contributed by atoms with Crippen molar-refractivity contribution in [2.45, 2.75) is 50.7 Å². The Morgan fingerprint density at radius 1 is 1.25 bits per heavy atom. The van der Waals surface area contributed by atoms with E-state index < -0.39 is 0 Å². The van der Waals surface area contributed by atoms with Gasteiger partial charge in [0.15, 0.2) is 0 Å². The maximum absolute atomic E-state index is 6.03. The van der Waals surface area contributed by atoms with Crippen LogP contribution >= 0.6 is 0 Å². The summed E-state index contributed by atoms with van der Waals surface area (Å²) in [5.74, 6) is 1.05. The van der Waals surface area contributed by atoms with Crippen LogP contribution in [0.5, 0.6) is 5.75 Å². The van der Waals surface area contributed by atoms with Crippen LogP contribution in [0.2, 0.25) is 0 Å². The van der Waals surface area contributed by atoms with Gasteiger partial charge >= 0.3 is 0 Å². The Morgan fingerprint density at radius 3 is 2.70 bits per heavy atom. The van der Waals surface area contributed by atoms with Crippen LogP contribution in [0.1, 0.15) is 44.2 Å². The Balaban J connectivity index is 1.85. The molecule has 1 aliphatic heterocycles. The normalized spacial score (nSPS) is 26.6. The Kier molecular flexibility index (Phi) is 4.27. The Morgan fingerprint density at radius 2 is 2.00 bits per heavy atom. The van der Waals surface area contributed by atoms with Crippen molar-refractivity contribution < 1.29 is 4.74 Å². The summed E-state index contributed by atoms with van der Waals surface area (Å²) in [6.07, 6.45) is 5.47. The van der Waals surface area contributed by atoms with Gasteiger partial charge in [-0.3, -0.25) is 4.90 Å². The summed E-state index contributed by atoms with van der Waals surface area (Å²) >= 11 is 0. The summed E-state index contributed by atoms with van der Waals surface area (Å²) in [5.41, 5.74) is 1.31. The first-order chi connectivity index (χ1) is 9.85. The van der Waals surface area contributed by atoms with Crippen molar-refractivity contribution in [2.24, 2.45) is 0 Å². The molecular weight excluding hydrogens is 248 g/mol. The number of hydrogen-bond acceptors (Lipinski definition) is 3. The van der Waals surface area contributed by atoms with Gasteiger partial charge in [0.25, 0.3) is 0 Å². The van der Waals surface area contributed by atoms with E-state index in [-0.39, 0.29) is 0 Å². The highest BCUT2D eigenvalue weighted by molar-refractivity contribution is 5.38.